The molecular formula is C17H14O2. The lowest BCUT2D eigenvalue weighted by Crippen LogP contribution is -1.73. The fourth-order valence-corrected chi connectivity index (χ4v) is 1.71. The van der Waals surface area contributed by atoms with E-state index in [0.29, 0.717) is 5.75 Å². The zero-order valence-corrected chi connectivity index (χ0v) is 10.4. The molecule has 0 spiro atoms. The smallest absolute Gasteiger partial charge is 0.150 e. The molecule has 0 saturated carbocycles. The van der Waals surface area contributed by atoms with Crippen molar-refractivity contribution in [2.45, 2.75) is 0 Å². The number of aromatic hydroxyl groups is 1. The second kappa shape index (κ2) is 6.36. The van der Waals surface area contributed by atoms with Gasteiger partial charge in [-0.25, -0.2) is 0 Å². The number of phenols is 1. The highest BCUT2D eigenvalue weighted by atomic mass is 16.3. The van der Waals surface area contributed by atoms with Crippen molar-refractivity contribution in [3.05, 3.63) is 78.4 Å². The third-order valence-corrected chi connectivity index (χ3v) is 2.67. The van der Waals surface area contributed by atoms with Crippen molar-refractivity contribution >= 4 is 17.1 Å². The van der Waals surface area contributed by atoms with Gasteiger partial charge in [0.05, 0.1) is 0 Å². The monoisotopic (exact) mass is 250 g/mol. The Morgan fingerprint density at radius 1 is 0.737 bits per heavy atom. The van der Waals surface area contributed by atoms with Crippen molar-refractivity contribution in [2.75, 3.05) is 0 Å². The summed E-state index contributed by atoms with van der Waals surface area (Å²) in [5.41, 5.74) is 0.729. The maximum atomic E-state index is 10.0. The van der Waals surface area contributed by atoms with Gasteiger partial charge >= 0.3 is 0 Å². The minimum absolute atomic E-state index is 0.323. The van der Waals surface area contributed by atoms with Gasteiger partial charge in [0.25, 0.3) is 0 Å². The number of rotatable bonds is 1. The van der Waals surface area contributed by atoms with Crippen LogP contribution in [0.25, 0.3) is 10.8 Å². The van der Waals surface area contributed by atoms with Crippen LogP contribution >= 0.6 is 0 Å². The molecule has 3 aromatic rings. The normalized spacial score (nSPS) is 9.47. The highest BCUT2D eigenvalue weighted by molar-refractivity contribution is 5.83. The minimum atomic E-state index is 0.323. The standard InChI is InChI=1S/C10H8O.C7H6O/c11-10-6-5-8-3-1-2-4-9(8)7-10;8-6-7-4-2-1-3-5-7/h1-7,11H;1-6H. The molecular weight excluding hydrogens is 236 g/mol. The van der Waals surface area contributed by atoms with E-state index in [4.69, 9.17) is 5.11 Å². The number of carbonyl (C=O) groups is 1. The van der Waals surface area contributed by atoms with Crippen molar-refractivity contribution in [2.24, 2.45) is 0 Å². The summed E-state index contributed by atoms with van der Waals surface area (Å²) in [6.07, 6.45) is 0.833. The molecule has 3 aromatic carbocycles. The van der Waals surface area contributed by atoms with Gasteiger partial charge in [0, 0.05) is 5.56 Å². The van der Waals surface area contributed by atoms with E-state index in [1.54, 1.807) is 24.3 Å². The molecule has 0 fully saturated rings. The van der Waals surface area contributed by atoms with E-state index in [1.165, 1.54) is 0 Å². The van der Waals surface area contributed by atoms with Crippen molar-refractivity contribution in [1.29, 1.82) is 0 Å². The van der Waals surface area contributed by atoms with E-state index in [2.05, 4.69) is 0 Å². The molecule has 0 amide bonds. The van der Waals surface area contributed by atoms with Crippen molar-refractivity contribution in [3.8, 4) is 5.75 Å². The molecule has 94 valence electrons. The van der Waals surface area contributed by atoms with Gasteiger partial charge in [-0.1, -0.05) is 60.7 Å². The Kier molecular flexibility index (Phi) is 4.29. The lowest BCUT2D eigenvalue weighted by molar-refractivity contribution is 0.112. The summed E-state index contributed by atoms with van der Waals surface area (Å²) in [5.74, 6) is 0.323. The third-order valence-electron chi connectivity index (χ3n) is 2.67. The van der Waals surface area contributed by atoms with Crippen LogP contribution < -0.4 is 0 Å². The zero-order valence-electron chi connectivity index (χ0n) is 10.4. The van der Waals surface area contributed by atoms with Crippen LogP contribution in [0.15, 0.2) is 72.8 Å². The predicted octanol–water partition coefficient (Wildman–Crippen LogP) is 4.04. The van der Waals surface area contributed by atoms with Crippen molar-refractivity contribution in [3.63, 3.8) is 0 Å². The quantitative estimate of drug-likeness (QED) is 0.662. The summed E-state index contributed by atoms with van der Waals surface area (Å²) >= 11 is 0. The van der Waals surface area contributed by atoms with Crippen molar-refractivity contribution < 1.29 is 9.90 Å². The topological polar surface area (TPSA) is 37.3 Å². The first-order valence-electron chi connectivity index (χ1n) is 5.97. The molecule has 1 N–H and O–H groups in total. The van der Waals surface area contributed by atoms with E-state index in [9.17, 15) is 4.79 Å². The summed E-state index contributed by atoms with van der Waals surface area (Å²) in [5, 5.41) is 11.4. The van der Waals surface area contributed by atoms with Gasteiger partial charge in [0.15, 0.2) is 0 Å². The molecule has 0 aliphatic heterocycles. The van der Waals surface area contributed by atoms with Crippen LogP contribution in [0.2, 0.25) is 0 Å². The molecule has 3 rings (SSSR count). The van der Waals surface area contributed by atoms with Crippen LogP contribution in [0.1, 0.15) is 10.4 Å². The van der Waals surface area contributed by atoms with Crippen LogP contribution in [-0.4, -0.2) is 11.4 Å². The molecule has 0 aliphatic carbocycles. The Hall–Kier alpha value is -2.61. The molecule has 0 aliphatic rings. The van der Waals surface area contributed by atoms with Gasteiger partial charge < -0.3 is 5.11 Å². The van der Waals surface area contributed by atoms with Crippen molar-refractivity contribution in [1.82, 2.24) is 0 Å². The number of aldehydes is 1. The summed E-state index contributed by atoms with van der Waals surface area (Å²) in [6, 6.07) is 22.4. The Morgan fingerprint density at radius 3 is 2.00 bits per heavy atom. The molecule has 0 atom stereocenters. The van der Waals surface area contributed by atoms with Crippen LogP contribution in [0.3, 0.4) is 0 Å². The lowest BCUT2D eigenvalue weighted by Gasteiger charge is -1.96. The number of phenolic OH excluding ortho intramolecular Hbond substituents is 1. The van der Waals surface area contributed by atoms with E-state index >= 15 is 0 Å². The number of fused-ring (bicyclic) bond motifs is 1. The molecule has 0 radical (unpaired) electrons. The average Bonchev–Trinajstić information content (AvgIpc) is 2.48. The maximum Gasteiger partial charge on any atom is 0.150 e. The number of hydrogen-bond acceptors (Lipinski definition) is 2. The highest BCUT2D eigenvalue weighted by Gasteiger charge is 1.91. The fraction of sp³-hybridized carbons (Fsp3) is 0. The average molecular weight is 250 g/mol. The van der Waals surface area contributed by atoms with E-state index in [1.807, 2.05) is 48.5 Å². The largest absolute Gasteiger partial charge is 0.508 e. The first-order chi connectivity index (χ1) is 9.29. The number of hydrogen-bond donors (Lipinski definition) is 1. The Bertz CT molecular complexity index is 660. The van der Waals surface area contributed by atoms with E-state index in [-0.39, 0.29) is 0 Å². The Balaban J connectivity index is 0.000000148. The fourth-order valence-electron chi connectivity index (χ4n) is 1.71. The van der Waals surface area contributed by atoms with Gasteiger partial charge in [0.2, 0.25) is 0 Å². The SMILES string of the molecule is O=Cc1ccccc1.Oc1ccc2ccccc2c1. The lowest BCUT2D eigenvalue weighted by atomic mass is 10.1. The molecule has 2 nitrogen and oxygen atoms in total. The van der Waals surface area contributed by atoms with Gasteiger partial charge in [-0.05, 0) is 22.9 Å². The summed E-state index contributed by atoms with van der Waals surface area (Å²) in [6.45, 7) is 0. The first kappa shape index (κ1) is 12.8. The van der Waals surface area contributed by atoms with Crippen LogP contribution in [0, 0.1) is 0 Å². The zero-order chi connectivity index (χ0) is 13.5. The second-order valence-electron chi connectivity index (χ2n) is 4.06. The number of carbonyl (C=O) groups excluding carboxylic acids is 1. The van der Waals surface area contributed by atoms with Gasteiger partial charge in [-0.2, -0.15) is 0 Å². The Morgan fingerprint density at radius 2 is 1.37 bits per heavy atom. The van der Waals surface area contributed by atoms with E-state index < -0.39 is 0 Å². The van der Waals surface area contributed by atoms with E-state index in [0.717, 1.165) is 22.6 Å². The van der Waals surface area contributed by atoms with Crippen LogP contribution in [0.5, 0.6) is 5.75 Å². The molecule has 0 heterocycles. The Labute approximate surface area is 111 Å². The van der Waals surface area contributed by atoms with Crippen LogP contribution in [0.4, 0.5) is 0 Å². The summed E-state index contributed by atoms with van der Waals surface area (Å²) in [4.78, 5) is 10.0. The maximum absolute atomic E-state index is 10.0. The molecule has 19 heavy (non-hydrogen) atoms. The minimum Gasteiger partial charge on any atom is -0.508 e. The van der Waals surface area contributed by atoms with Gasteiger partial charge in [-0.3, -0.25) is 4.79 Å². The van der Waals surface area contributed by atoms with Gasteiger partial charge in [-0.15, -0.1) is 0 Å². The molecule has 2 heteroatoms. The first-order valence-corrected chi connectivity index (χ1v) is 5.97. The van der Waals surface area contributed by atoms with Gasteiger partial charge in [0.1, 0.15) is 12.0 Å². The molecule has 0 unspecified atom stereocenters. The number of benzene rings is 3. The summed E-state index contributed by atoms with van der Waals surface area (Å²) in [7, 11) is 0. The molecule has 0 saturated heterocycles. The predicted molar refractivity (Wildman–Crippen MR) is 77.4 cm³/mol. The highest BCUT2D eigenvalue weighted by Crippen LogP contribution is 2.18. The molecule has 0 aromatic heterocycles. The van der Waals surface area contributed by atoms with Crippen LogP contribution in [-0.2, 0) is 0 Å². The summed E-state index contributed by atoms with van der Waals surface area (Å²) < 4.78 is 0. The molecule has 0 bridgehead atoms. The third kappa shape index (κ3) is 3.68. The second-order valence-corrected chi connectivity index (χ2v) is 4.06.